The van der Waals surface area contributed by atoms with Gasteiger partial charge in [-0.05, 0) is 0 Å². The highest BCUT2D eigenvalue weighted by atomic mass is 32.2. The summed E-state index contributed by atoms with van der Waals surface area (Å²) >= 11 is 0. The highest BCUT2D eigenvalue weighted by Crippen LogP contribution is 2.21. The van der Waals surface area contributed by atoms with Gasteiger partial charge in [0, 0.05) is 48.5 Å². The Morgan fingerprint density at radius 2 is 0.735 bits per heavy atom. The predicted octanol–water partition coefficient (Wildman–Crippen LogP) is 2.34. The van der Waals surface area contributed by atoms with E-state index in [1.54, 1.807) is 0 Å². The number of aromatic nitrogens is 2. The van der Waals surface area contributed by atoms with Crippen molar-refractivity contribution in [1.29, 1.82) is 0 Å². The van der Waals surface area contributed by atoms with Crippen LogP contribution < -0.4 is 9.13 Å². The lowest BCUT2D eigenvalue weighted by Crippen LogP contribution is -2.31. The van der Waals surface area contributed by atoms with Gasteiger partial charge in [-0.1, -0.05) is 12.1 Å². The van der Waals surface area contributed by atoms with Crippen LogP contribution in [0.2, 0.25) is 0 Å². The molecule has 2 aromatic heterocycles. The monoisotopic (exact) mass is 532 g/mol. The second-order valence-electron chi connectivity index (χ2n) is 5.88. The molecule has 2 heterocycles. The van der Waals surface area contributed by atoms with Crippen LogP contribution in [0, 0.1) is 0 Å². The lowest BCUT2D eigenvalue weighted by atomic mass is 10.2. The zero-order chi connectivity index (χ0) is 26.2. The van der Waals surface area contributed by atoms with Crippen LogP contribution in [0.25, 0.3) is 11.4 Å². The van der Waals surface area contributed by atoms with E-state index in [1.165, 1.54) is 0 Å². The number of rotatable bonds is 2. The average molecular weight is 532 g/mol. The van der Waals surface area contributed by atoms with E-state index in [4.69, 9.17) is 25.9 Å². The number of pyridine rings is 2. The first-order valence-corrected chi connectivity index (χ1v) is 11.3. The Morgan fingerprint density at radius 3 is 0.912 bits per heavy atom. The van der Waals surface area contributed by atoms with Crippen LogP contribution in [0.1, 0.15) is 0 Å². The molecule has 1 aromatic carbocycles. The summed E-state index contributed by atoms with van der Waals surface area (Å²) in [5, 5.41) is 0. The number of hydrogen-bond donors (Lipinski definition) is 0. The molecule has 0 unspecified atom stereocenters. The van der Waals surface area contributed by atoms with Crippen molar-refractivity contribution in [3.63, 3.8) is 0 Å². The molecule has 186 valence electrons. The van der Waals surface area contributed by atoms with Crippen molar-refractivity contribution < 1.29 is 61.4 Å². The molecule has 0 spiro atoms. The van der Waals surface area contributed by atoms with Crippen molar-refractivity contribution >= 4 is 20.2 Å². The van der Waals surface area contributed by atoms with Gasteiger partial charge >= 0.3 is 11.0 Å². The van der Waals surface area contributed by atoms with Gasteiger partial charge in [0.1, 0.15) is 0 Å². The summed E-state index contributed by atoms with van der Waals surface area (Å²) < 4.78 is 122. The minimum atomic E-state index is -6.09. The number of halogens is 6. The van der Waals surface area contributed by atoms with Gasteiger partial charge in [0.05, 0.1) is 0 Å². The van der Waals surface area contributed by atoms with Gasteiger partial charge in [-0.3, -0.25) is 0 Å². The minimum Gasteiger partial charge on any atom is -0.741 e. The third-order valence-electron chi connectivity index (χ3n) is 3.44. The van der Waals surface area contributed by atoms with Crippen LogP contribution in [-0.2, 0) is 20.2 Å². The molecule has 0 saturated heterocycles. The molecule has 3 rings (SSSR count). The average Bonchev–Trinajstić information content (AvgIpc) is 2.73. The van der Waals surface area contributed by atoms with E-state index in [-0.39, 0.29) is 0 Å². The molecule has 0 saturated carbocycles. The second-order valence-corrected chi connectivity index (χ2v) is 8.62. The summed E-state index contributed by atoms with van der Waals surface area (Å²) in [6, 6.07) is 20.6. The molecule has 0 amide bonds. The van der Waals surface area contributed by atoms with E-state index in [9.17, 15) is 26.3 Å². The summed E-state index contributed by atoms with van der Waals surface area (Å²) in [6.07, 6.45) is 8.19. The fourth-order valence-corrected chi connectivity index (χ4v) is 1.94. The van der Waals surface area contributed by atoms with Crippen molar-refractivity contribution in [3.05, 3.63) is 85.5 Å². The van der Waals surface area contributed by atoms with Gasteiger partial charge in [0.25, 0.3) is 0 Å². The zero-order valence-corrected chi connectivity index (χ0v) is 18.1. The Labute approximate surface area is 189 Å². The fourth-order valence-electron chi connectivity index (χ4n) is 1.94. The molecule has 0 radical (unpaired) electrons. The highest BCUT2D eigenvalue weighted by molar-refractivity contribution is 7.86. The van der Waals surface area contributed by atoms with Crippen molar-refractivity contribution in [1.82, 2.24) is 0 Å². The van der Waals surface area contributed by atoms with E-state index < -0.39 is 31.3 Å². The fraction of sp³-hybridized carbons (Fsp3) is 0.111. The maximum atomic E-state index is 10.7. The maximum Gasteiger partial charge on any atom is 0.485 e. The summed E-state index contributed by atoms with van der Waals surface area (Å²) in [5.74, 6) is 0. The van der Waals surface area contributed by atoms with Crippen molar-refractivity contribution in [2.24, 2.45) is 0 Å². The zero-order valence-electron chi connectivity index (χ0n) is 16.5. The van der Waals surface area contributed by atoms with Gasteiger partial charge in [-0.2, -0.15) is 35.5 Å². The minimum absolute atomic E-state index is 1.16. The molecule has 0 bridgehead atoms. The van der Waals surface area contributed by atoms with E-state index in [2.05, 4.69) is 33.4 Å². The van der Waals surface area contributed by atoms with Crippen LogP contribution in [-0.4, -0.2) is 37.0 Å². The van der Waals surface area contributed by atoms with E-state index in [1.807, 2.05) is 61.2 Å². The summed E-state index contributed by atoms with van der Waals surface area (Å²) in [5.41, 5.74) is -8.97. The first-order chi connectivity index (χ1) is 15.4. The first-order valence-electron chi connectivity index (χ1n) is 8.51. The topological polar surface area (TPSA) is 122 Å². The Hall–Kier alpha value is -3.08. The molecule has 34 heavy (non-hydrogen) atoms. The Morgan fingerprint density at radius 1 is 0.529 bits per heavy atom. The number of nitrogens with zero attached hydrogens (tertiary/aromatic N) is 2. The smallest absolute Gasteiger partial charge is 0.485 e. The highest BCUT2D eigenvalue weighted by Gasteiger charge is 2.37. The second kappa shape index (κ2) is 11.4. The van der Waals surface area contributed by atoms with Crippen LogP contribution in [0.15, 0.2) is 85.5 Å². The summed E-state index contributed by atoms with van der Waals surface area (Å²) in [7, 11) is -12.2. The summed E-state index contributed by atoms with van der Waals surface area (Å²) in [4.78, 5) is 0. The van der Waals surface area contributed by atoms with Crippen LogP contribution in [0.5, 0.6) is 0 Å². The predicted molar refractivity (Wildman–Crippen MR) is 101 cm³/mol. The molecule has 16 heteroatoms. The molecule has 8 nitrogen and oxygen atoms in total. The normalized spacial score (nSPS) is 12.0. The molecule has 0 aliphatic heterocycles. The molecular formula is C18H14F6N2O6S2. The van der Waals surface area contributed by atoms with E-state index in [0.29, 0.717) is 0 Å². The van der Waals surface area contributed by atoms with E-state index in [0.717, 1.165) is 11.4 Å². The van der Waals surface area contributed by atoms with Crippen molar-refractivity contribution in [2.45, 2.75) is 11.0 Å². The van der Waals surface area contributed by atoms with Gasteiger partial charge in [0.15, 0.2) is 45.0 Å². The molecule has 3 aromatic rings. The molecule has 0 aliphatic rings. The standard InChI is InChI=1S/C16H14N2.2CHF3O3S/c1-3-11-17(12-4-1)15-7-9-16(10-8-15)18-13-5-2-6-14-18;2*2-1(3,4)8(5,6)7/h1-14H;2*(H,5,6,7)/q+2;;/p-2. The third-order valence-corrected chi connectivity index (χ3v) is 4.58. The SMILES string of the molecule is O=S(=O)([O-])C(F)(F)F.O=S(=O)([O-])C(F)(F)F.c1cc[n+](-c2ccc(-[n+]3ccccc3)cc2)cc1. The Kier molecular flexibility index (Phi) is 9.68. The lowest BCUT2D eigenvalue weighted by molar-refractivity contribution is -0.599. The summed E-state index contributed by atoms with van der Waals surface area (Å²) in [6.45, 7) is 0. The Balaban J connectivity index is 0.000000304. The van der Waals surface area contributed by atoms with E-state index >= 15 is 0 Å². The molecule has 0 aliphatic carbocycles. The van der Waals surface area contributed by atoms with Gasteiger partial charge in [-0.15, -0.1) is 0 Å². The molecule has 0 N–H and O–H groups in total. The quantitative estimate of drug-likeness (QED) is 0.216. The first kappa shape index (κ1) is 29.0. The molecule has 0 fully saturated rings. The van der Waals surface area contributed by atoms with Gasteiger partial charge < -0.3 is 9.11 Å². The number of hydrogen-bond acceptors (Lipinski definition) is 6. The Bertz CT molecular complexity index is 1150. The third kappa shape index (κ3) is 9.42. The van der Waals surface area contributed by atoms with Crippen LogP contribution in [0.3, 0.4) is 0 Å². The maximum absolute atomic E-state index is 10.7. The van der Waals surface area contributed by atoms with Gasteiger partial charge in [-0.25, -0.2) is 16.8 Å². The molecular weight excluding hydrogens is 518 g/mol. The number of benzene rings is 1. The van der Waals surface area contributed by atoms with Crippen LogP contribution in [0.4, 0.5) is 26.3 Å². The lowest BCUT2D eigenvalue weighted by Gasteiger charge is -2.08. The van der Waals surface area contributed by atoms with Crippen LogP contribution >= 0.6 is 0 Å². The van der Waals surface area contributed by atoms with Crippen molar-refractivity contribution in [2.75, 3.05) is 0 Å². The largest absolute Gasteiger partial charge is 0.741 e. The number of alkyl halides is 6. The molecule has 0 atom stereocenters. The van der Waals surface area contributed by atoms with Gasteiger partial charge in [0.2, 0.25) is 11.4 Å². The van der Waals surface area contributed by atoms with Crippen molar-refractivity contribution in [3.8, 4) is 11.4 Å².